The molecule has 1 unspecified atom stereocenters. The van der Waals surface area contributed by atoms with E-state index in [2.05, 4.69) is 10.6 Å². The van der Waals surface area contributed by atoms with Crippen LogP contribution in [-0.2, 0) is 11.3 Å². The number of amides is 3. The number of benzene rings is 2. The molecule has 2 N–H and O–H groups in total. The molecule has 0 spiro atoms. The number of carbonyl (C=O) groups excluding carboxylic acids is 2. The highest BCUT2D eigenvalue weighted by Gasteiger charge is 2.34. The van der Waals surface area contributed by atoms with Gasteiger partial charge < -0.3 is 20.3 Å². The quantitative estimate of drug-likeness (QED) is 0.822. The van der Waals surface area contributed by atoms with Crippen molar-refractivity contribution in [3.05, 3.63) is 59.1 Å². The summed E-state index contributed by atoms with van der Waals surface area (Å²) in [6.07, 6.45) is 1.43. The number of methoxy groups -OCH3 is 1. The number of nitrogens with zero attached hydrogens (tertiary/aromatic N) is 1. The zero-order valence-corrected chi connectivity index (χ0v) is 15.8. The van der Waals surface area contributed by atoms with Crippen LogP contribution >= 0.6 is 11.6 Å². The van der Waals surface area contributed by atoms with E-state index < -0.39 is 6.04 Å². The Morgan fingerprint density at radius 1 is 1.22 bits per heavy atom. The van der Waals surface area contributed by atoms with Crippen LogP contribution in [0.25, 0.3) is 0 Å². The van der Waals surface area contributed by atoms with E-state index in [-0.39, 0.29) is 11.9 Å². The second-order valence-electron chi connectivity index (χ2n) is 6.32. The van der Waals surface area contributed by atoms with Gasteiger partial charge in [-0.25, -0.2) is 4.79 Å². The lowest BCUT2D eigenvalue weighted by Crippen LogP contribution is -2.47. The first-order chi connectivity index (χ1) is 13.1. The predicted molar refractivity (Wildman–Crippen MR) is 105 cm³/mol. The zero-order valence-electron chi connectivity index (χ0n) is 15.1. The summed E-state index contributed by atoms with van der Waals surface area (Å²) in [5.41, 5.74) is 1.47. The molecule has 6 nitrogen and oxygen atoms in total. The van der Waals surface area contributed by atoms with Gasteiger partial charge in [-0.1, -0.05) is 35.9 Å². The Bertz CT molecular complexity index is 828. The lowest BCUT2D eigenvalue weighted by Gasteiger charge is -2.24. The molecule has 3 rings (SSSR count). The minimum atomic E-state index is -0.488. The normalized spacial score (nSPS) is 16.1. The monoisotopic (exact) mass is 387 g/mol. The molecule has 0 saturated carbocycles. The molecular formula is C20H22ClN3O3. The van der Waals surface area contributed by atoms with E-state index in [1.54, 1.807) is 42.3 Å². The van der Waals surface area contributed by atoms with E-state index >= 15 is 0 Å². The van der Waals surface area contributed by atoms with Gasteiger partial charge in [0.2, 0.25) is 5.91 Å². The summed E-state index contributed by atoms with van der Waals surface area (Å²) in [5, 5.41) is 6.32. The van der Waals surface area contributed by atoms with E-state index in [0.29, 0.717) is 36.0 Å². The standard InChI is InChI=1S/C20H22ClN3O3/c1-27-16-8-4-7-15(12-16)23-20(26)24-11-5-10-18(24)19(25)22-13-14-6-2-3-9-17(14)21/h2-4,6-9,12,18H,5,10-11,13H2,1H3,(H,22,25)(H,23,26). The maximum absolute atomic E-state index is 12.6. The van der Waals surface area contributed by atoms with Gasteiger partial charge >= 0.3 is 6.03 Å². The van der Waals surface area contributed by atoms with E-state index in [9.17, 15) is 9.59 Å². The molecule has 1 atom stereocenters. The van der Waals surface area contributed by atoms with Gasteiger partial charge in [-0.05, 0) is 36.6 Å². The van der Waals surface area contributed by atoms with Gasteiger partial charge in [0.15, 0.2) is 0 Å². The molecule has 7 heteroatoms. The maximum Gasteiger partial charge on any atom is 0.322 e. The summed E-state index contributed by atoms with van der Waals surface area (Å²) in [6.45, 7) is 0.875. The van der Waals surface area contributed by atoms with Crippen LogP contribution < -0.4 is 15.4 Å². The zero-order chi connectivity index (χ0) is 19.2. The van der Waals surface area contributed by atoms with Gasteiger partial charge in [0, 0.05) is 29.9 Å². The summed E-state index contributed by atoms with van der Waals surface area (Å²) in [6, 6.07) is 13.7. The van der Waals surface area contributed by atoms with Crippen molar-refractivity contribution < 1.29 is 14.3 Å². The highest BCUT2D eigenvalue weighted by atomic mass is 35.5. The third kappa shape index (κ3) is 4.71. The Morgan fingerprint density at radius 2 is 2.04 bits per heavy atom. The second-order valence-corrected chi connectivity index (χ2v) is 6.73. The highest BCUT2D eigenvalue weighted by molar-refractivity contribution is 6.31. The summed E-state index contributed by atoms with van der Waals surface area (Å²) in [4.78, 5) is 26.8. The molecule has 1 fully saturated rings. The van der Waals surface area contributed by atoms with E-state index in [4.69, 9.17) is 16.3 Å². The maximum atomic E-state index is 12.6. The average molecular weight is 388 g/mol. The van der Waals surface area contributed by atoms with Gasteiger partial charge in [0.1, 0.15) is 11.8 Å². The van der Waals surface area contributed by atoms with Crippen molar-refractivity contribution in [3.63, 3.8) is 0 Å². The average Bonchev–Trinajstić information content (AvgIpc) is 3.17. The number of rotatable bonds is 5. The summed E-state index contributed by atoms with van der Waals surface area (Å²) in [7, 11) is 1.57. The van der Waals surface area contributed by atoms with E-state index in [1.807, 2.05) is 18.2 Å². The number of hydrogen-bond acceptors (Lipinski definition) is 3. The Labute approximate surface area is 163 Å². The van der Waals surface area contributed by atoms with Crippen LogP contribution in [0, 0.1) is 0 Å². The van der Waals surface area contributed by atoms with Crippen molar-refractivity contribution in [2.45, 2.75) is 25.4 Å². The fraction of sp³-hybridized carbons (Fsp3) is 0.300. The molecule has 3 amide bonds. The first-order valence-electron chi connectivity index (χ1n) is 8.81. The Balaban J connectivity index is 1.61. The number of likely N-dealkylation sites (tertiary alicyclic amines) is 1. The van der Waals surface area contributed by atoms with Gasteiger partial charge in [0.25, 0.3) is 0 Å². The fourth-order valence-corrected chi connectivity index (χ4v) is 3.32. The summed E-state index contributed by atoms with van der Waals surface area (Å²) >= 11 is 6.13. The van der Waals surface area contributed by atoms with Crippen LogP contribution in [-0.4, -0.2) is 36.5 Å². The molecular weight excluding hydrogens is 366 g/mol. The van der Waals surface area contributed by atoms with Crippen LogP contribution in [0.2, 0.25) is 5.02 Å². The van der Waals surface area contributed by atoms with Gasteiger partial charge in [-0.2, -0.15) is 0 Å². The topological polar surface area (TPSA) is 70.7 Å². The number of carbonyl (C=O) groups is 2. The summed E-state index contributed by atoms with van der Waals surface area (Å²) < 4.78 is 5.17. The molecule has 27 heavy (non-hydrogen) atoms. The fourth-order valence-electron chi connectivity index (χ4n) is 3.12. The number of hydrogen-bond donors (Lipinski definition) is 2. The molecule has 0 aromatic heterocycles. The van der Waals surface area contributed by atoms with Crippen LogP contribution in [0.5, 0.6) is 5.75 Å². The first-order valence-corrected chi connectivity index (χ1v) is 9.19. The van der Waals surface area contributed by atoms with Crippen molar-refractivity contribution >= 4 is 29.2 Å². The van der Waals surface area contributed by atoms with Crippen LogP contribution in [0.15, 0.2) is 48.5 Å². The largest absolute Gasteiger partial charge is 0.497 e. The minimum Gasteiger partial charge on any atom is -0.497 e. The van der Waals surface area contributed by atoms with Crippen molar-refractivity contribution in [1.82, 2.24) is 10.2 Å². The van der Waals surface area contributed by atoms with Crippen molar-refractivity contribution in [2.75, 3.05) is 19.0 Å². The molecule has 1 saturated heterocycles. The summed E-state index contributed by atoms with van der Waals surface area (Å²) in [5.74, 6) is 0.483. The SMILES string of the molecule is COc1cccc(NC(=O)N2CCCC2C(=O)NCc2ccccc2Cl)c1. The molecule has 0 aliphatic carbocycles. The number of anilines is 1. The first kappa shape index (κ1) is 19.0. The van der Waals surface area contributed by atoms with Crippen molar-refractivity contribution in [2.24, 2.45) is 0 Å². The number of halogens is 1. The lowest BCUT2D eigenvalue weighted by molar-refractivity contribution is -0.124. The van der Waals surface area contributed by atoms with Crippen molar-refractivity contribution in [3.8, 4) is 5.75 Å². The second kappa shape index (κ2) is 8.77. The Hall–Kier alpha value is -2.73. The van der Waals surface area contributed by atoms with Gasteiger partial charge in [-0.3, -0.25) is 4.79 Å². The lowest BCUT2D eigenvalue weighted by atomic mass is 10.2. The van der Waals surface area contributed by atoms with E-state index in [0.717, 1.165) is 12.0 Å². The Kier molecular flexibility index (Phi) is 6.19. The molecule has 1 aliphatic heterocycles. The molecule has 0 radical (unpaired) electrons. The smallest absolute Gasteiger partial charge is 0.322 e. The third-order valence-electron chi connectivity index (χ3n) is 4.55. The third-order valence-corrected chi connectivity index (χ3v) is 4.92. The molecule has 1 aliphatic rings. The molecule has 0 bridgehead atoms. The number of urea groups is 1. The molecule has 2 aromatic rings. The molecule has 1 heterocycles. The van der Waals surface area contributed by atoms with Crippen molar-refractivity contribution in [1.29, 1.82) is 0 Å². The Morgan fingerprint density at radius 3 is 2.81 bits per heavy atom. The minimum absolute atomic E-state index is 0.173. The number of nitrogens with one attached hydrogen (secondary N) is 2. The van der Waals surface area contributed by atoms with Gasteiger partial charge in [0.05, 0.1) is 7.11 Å². The van der Waals surface area contributed by atoms with Crippen LogP contribution in [0.4, 0.5) is 10.5 Å². The van der Waals surface area contributed by atoms with E-state index in [1.165, 1.54) is 0 Å². The predicted octanol–water partition coefficient (Wildman–Crippen LogP) is 3.66. The molecule has 142 valence electrons. The number of ether oxygens (including phenoxy) is 1. The highest BCUT2D eigenvalue weighted by Crippen LogP contribution is 2.22. The van der Waals surface area contributed by atoms with Gasteiger partial charge in [-0.15, -0.1) is 0 Å². The molecule has 2 aromatic carbocycles. The van der Waals surface area contributed by atoms with Crippen LogP contribution in [0.1, 0.15) is 18.4 Å². The van der Waals surface area contributed by atoms with Crippen LogP contribution in [0.3, 0.4) is 0 Å².